The van der Waals surface area contributed by atoms with Gasteiger partial charge in [-0.25, -0.2) is 0 Å². The molecular weight excluding hydrogens is 346 g/mol. The van der Waals surface area contributed by atoms with Crippen molar-refractivity contribution < 1.29 is 4.74 Å². The molecule has 0 N–H and O–H groups in total. The Morgan fingerprint density at radius 3 is 2.65 bits per heavy atom. The summed E-state index contributed by atoms with van der Waals surface area (Å²) in [6, 6.07) is 1.97. The average Bonchev–Trinajstić information content (AvgIpc) is 2.38. The summed E-state index contributed by atoms with van der Waals surface area (Å²) in [5.74, 6) is 0.852. The summed E-state index contributed by atoms with van der Waals surface area (Å²) in [4.78, 5) is 4.11. The van der Waals surface area contributed by atoms with Gasteiger partial charge in [-0.05, 0) is 34.8 Å². The molecule has 4 heteroatoms. The molecule has 1 heterocycles. The van der Waals surface area contributed by atoms with Crippen LogP contribution in [0, 0.1) is 5.41 Å². The van der Waals surface area contributed by atoms with Crippen LogP contribution in [-0.2, 0) is 0 Å². The molecular formula is C13H17Br2NO. The Kier molecular flexibility index (Phi) is 4.86. The summed E-state index contributed by atoms with van der Waals surface area (Å²) in [5.41, 5.74) is 0.320. The molecule has 0 saturated heterocycles. The van der Waals surface area contributed by atoms with Gasteiger partial charge in [-0.1, -0.05) is 35.2 Å². The van der Waals surface area contributed by atoms with E-state index in [0.717, 1.165) is 22.2 Å². The van der Waals surface area contributed by atoms with E-state index in [1.807, 2.05) is 6.07 Å². The standard InChI is InChI=1S/C13H17Br2NO/c14-9-13(4-2-1-3-5-13)10-17-12-6-11(15)7-16-8-12/h6-8H,1-5,9-10H2. The van der Waals surface area contributed by atoms with Crippen molar-refractivity contribution >= 4 is 31.9 Å². The summed E-state index contributed by atoms with van der Waals surface area (Å²) in [6.07, 6.45) is 10.1. The molecule has 0 spiro atoms. The van der Waals surface area contributed by atoms with Gasteiger partial charge in [-0.3, -0.25) is 4.98 Å². The van der Waals surface area contributed by atoms with Gasteiger partial charge in [0.2, 0.25) is 0 Å². The second-order valence-electron chi connectivity index (χ2n) is 4.82. The highest BCUT2D eigenvalue weighted by atomic mass is 79.9. The molecule has 2 nitrogen and oxygen atoms in total. The van der Waals surface area contributed by atoms with Gasteiger partial charge in [-0.15, -0.1) is 0 Å². The van der Waals surface area contributed by atoms with Crippen LogP contribution in [-0.4, -0.2) is 16.9 Å². The SMILES string of the molecule is BrCC1(COc2cncc(Br)c2)CCCCC1. The Labute approximate surface area is 119 Å². The van der Waals surface area contributed by atoms with Crippen LogP contribution in [0.15, 0.2) is 22.9 Å². The normalized spacial score (nSPS) is 18.9. The fourth-order valence-electron chi connectivity index (χ4n) is 2.33. The minimum Gasteiger partial charge on any atom is -0.491 e. The number of rotatable bonds is 4. The van der Waals surface area contributed by atoms with E-state index in [4.69, 9.17) is 4.74 Å². The van der Waals surface area contributed by atoms with Crippen molar-refractivity contribution in [1.82, 2.24) is 4.98 Å². The molecule has 1 aliphatic carbocycles. The van der Waals surface area contributed by atoms with Crippen LogP contribution in [0.4, 0.5) is 0 Å². The van der Waals surface area contributed by atoms with Gasteiger partial charge in [0.25, 0.3) is 0 Å². The predicted octanol–water partition coefficient (Wildman–Crippen LogP) is 4.57. The first-order valence-corrected chi connectivity index (χ1v) is 7.95. The zero-order valence-electron chi connectivity index (χ0n) is 9.79. The van der Waals surface area contributed by atoms with Gasteiger partial charge in [0, 0.05) is 21.4 Å². The van der Waals surface area contributed by atoms with Crippen LogP contribution in [0.3, 0.4) is 0 Å². The fourth-order valence-corrected chi connectivity index (χ4v) is 3.39. The molecule has 17 heavy (non-hydrogen) atoms. The Morgan fingerprint density at radius 2 is 2.00 bits per heavy atom. The van der Waals surface area contributed by atoms with Crippen molar-refractivity contribution in [1.29, 1.82) is 0 Å². The fraction of sp³-hybridized carbons (Fsp3) is 0.615. The molecule has 1 aliphatic rings. The lowest BCUT2D eigenvalue weighted by Gasteiger charge is -2.35. The molecule has 2 rings (SSSR count). The number of alkyl halides is 1. The Bertz CT molecular complexity index is 364. The first-order valence-electron chi connectivity index (χ1n) is 6.03. The molecule has 94 valence electrons. The van der Waals surface area contributed by atoms with E-state index in [2.05, 4.69) is 36.8 Å². The minimum atomic E-state index is 0.320. The van der Waals surface area contributed by atoms with Crippen LogP contribution in [0.2, 0.25) is 0 Å². The minimum absolute atomic E-state index is 0.320. The molecule has 0 radical (unpaired) electrons. The molecule has 0 bridgehead atoms. The highest BCUT2D eigenvalue weighted by Crippen LogP contribution is 2.38. The molecule has 1 saturated carbocycles. The van der Waals surface area contributed by atoms with E-state index >= 15 is 0 Å². The van der Waals surface area contributed by atoms with E-state index in [0.29, 0.717) is 5.41 Å². The molecule has 1 aromatic rings. The summed E-state index contributed by atoms with van der Waals surface area (Å²) >= 11 is 7.06. The van der Waals surface area contributed by atoms with E-state index in [1.54, 1.807) is 12.4 Å². The van der Waals surface area contributed by atoms with E-state index in [9.17, 15) is 0 Å². The number of halogens is 2. The molecule has 0 unspecified atom stereocenters. The van der Waals surface area contributed by atoms with Crippen LogP contribution in [0.5, 0.6) is 5.75 Å². The molecule has 1 fully saturated rings. The maximum atomic E-state index is 5.90. The lowest BCUT2D eigenvalue weighted by Crippen LogP contribution is -2.32. The van der Waals surface area contributed by atoms with Crippen molar-refractivity contribution in [2.24, 2.45) is 5.41 Å². The van der Waals surface area contributed by atoms with Gasteiger partial charge >= 0.3 is 0 Å². The third-order valence-corrected chi connectivity index (χ3v) is 5.05. The second kappa shape index (κ2) is 6.19. The third kappa shape index (κ3) is 3.68. The lowest BCUT2D eigenvalue weighted by molar-refractivity contribution is 0.121. The van der Waals surface area contributed by atoms with Crippen LogP contribution >= 0.6 is 31.9 Å². The monoisotopic (exact) mass is 361 g/mol. The summed E-state index contributed by atoms with van der Waals surface area (Å²) in [7, 11) is 0. The van der Waals surface area contributed by atoms with Crippen molar-refractivity contribution in [3.8, 4) is 5.75 Å². The van der Waals surface area contributed by atoms with Gasteiger partial charge < -0.3 is 4.74 Å². The van der Waals surface area contributed by atoms with Gasteiger partial charge in [0.1, 0.15) is 5.75 Å². The Balaban J connectivity index is 1.95. The second-order valence-corrected chi connectivity index (χ2v) is 6.30. The quantitative estimate of drug-likeness (QED) is 0.732. The van der Waals surface area contributed by atoms with Crippen LogP contribution in [0.1, 0.15) is 32.1 Å². The number of aromatic nitrogens is 1. The Hall–Kier alpha value is -0.0900. The molecule has 1 aromatic heterocycles. The molecule has 0 aliphatic heterocycles. The largest absolute Gasteiger partial charge is 0.491 e. The summed E-state index contributed by atoms with van der Waals surface area (Å²) in [6.45, 7) is 0.788. The predicted molar refractivity (Wildman–Crippen MR) is 76.7 cm³/mol. The Morgan fingerprint density at radius 1 is 1.24 bits per heavy atom. The highest BCUT2D eigenvalue weighted by molar-refractivity contribution is 9.10. The first-order chi connectivity index (χ1) is 8.24. The van der Waals surface area contributed by atoms with Crippen molar-refractivity contribution in [2.75, 3.05) is 11.9 Å². The maximum absolute atomic E-state index is 5.90. The van der Waals surface area contributed by atoms with Crippen LogP contribution in [0.25, 0.3) is 0 Å². The summed E-state index contributed by atoms with van der Waals surface area (Å²) in [5, 5.41) is 1.03. The molecule has 0 aromatic carbocycles. The molecule has 0 amide bonds. The summed E-state index contributed by atoms with van der Waals surface area (Å²) < 4.78 is 6.86. The molecule has 0 atom stereocenters. The maximum Gasteiger partial charge on any atom is 0.138 e. The van der Waals surface area contributed by atoms with Crippen LogP contribution < -0.4 is 4.74 Å². The zero-order valence-corrected chi connectivity index (χ0v) is 13.0. The topological polar surface area (TPSA) is 22.1 Å². The van der Waals surface area contributed by atoms with E-state index < -0.39 is 0 Å². The van der Waals surface area contributed by atoms with Crippen molar-refractivity contribution in [3.63, 3.8) is 0 Å². The first kappa shape index (κ1) is 13.3. The number of hydrogen-bond donors (Lipinski definition) is 0. The number of pyridine rings is 1. The van der Waals surface area contributed by atoms with Gasteiger partial charge in [0.15, 0.2) is 0 Å². The van der Waals surface area contributed by atoms with E-state index in [-0.39, 0.29) is 0 Å². The van der Waals surface area contributed by atoms with Crippen molar-refractivity contribution in [3.05, 3.63) is 22.9 Å². The smallest absolute Gasteiger partial charge is 0.138 e. The lowest BCUT2D eigenvalue weighted by atomic mass is 9.76. The van der Waals surface area contributed by atoms with Crippen molar-refractivity contribution in [2.45, 2.75) is 32.1 Å². The van der Waals surface area contributed by atoms with Gasteiger partial charge in [0.05, 0.1) is 12.8 Å². The zero-order chi connectivity index (χ0) is 12.1. The van der Waals surface area contributed by atoms with Gasteiger partial charge in [-0.2, -0.15) is 0 Å². The average molecular weight is 363 g/mol. The highest BCUT2D eigenvalue weighted by Gasteiger charge is 2.31. The number of nitrogens with zero attached hydrogens (tertiary/aromatic N) is 1. The van der Waals surface area contributed by atoms with E-state index in [1.165, 1.54) is 32.1 Å². The number of hydrogen-bond acceptors (Lipinski definition) is 2. The third-order valence-electron chi connectivity index (χ3n) is 3.42. The number of ether oxygens (including phenoxy) is 1.